The molecule has 1 aromatic carbocycles. The normalized spacial score (nSPS) is 18.2. The van der Waals surface area contributed by atoms with Crippen LogP contribution in [0.15, 0.2) is 22.7 Å². The lowest BCUT2D eigenvalue weighted by atomic mass is 10.1. The van der Waals surface area contributed by atoms with Crippen LogP contribution in [0.5, 0.6) is 0 Å². The van der Waals surface area contributed by atoms with Crippen molar-refractivity contribution in [2.75, 3.05) is 6.26 Å². The second-order valence-corrected chi connectivity index (χ2v) is 7.85. The number of halogens is 1. The highest BCUT2D eigenvalue weighted by Gasteiger charge is 2.33. The minimum atomic E-state index is 0.375. The second kappa shape index (κ2) is 5.26. The summed E-state index contributed by atoms with van der Waals surface area (Å²) in [4.78, 5) is 3.32. The fraction of sp³-hybridized carbons (Fsp3) is 0.500. The summed E-state index contributed by atoms with van der Waals surface area (Å²) in [7, 11) is 0. The molecule has 1 heterocycles. The lowest BCUT2D eigenvalue weighted by Gasteiger charge is -2.27. The van der Waals surface area contributed by atoms with E-state index in [0.29, 0.717) is 4.75 Å². The predicted octanol–water partition coefficient (Wildman–Crippen LogP) is 5.14. The van der Waals surface area contributed by atoms with Gasteiger partial charge in [-0.1, -0.05) is 28.8 Å². The molecule has 102 valence electrons. The van der Waals surface area contributed by atoms with Gasteiger partial charge < -0.3 is 9.55 Å². The first kappa shape index (κ1) is 13.7. The van der Waals surface area contributed by atoms with Crippen LogP contribution in [0.1, 0.15) is 25.7 Å². The molecule has 3 rings (SSSR count). The molecule has 0 aliphatic heterocycles. The standard InChI is InChI=1S/C14H17BrN2S2/c1-19-14(6-2-3-7-14)9-17-12-5-4-10(15)8-11(12)16-13(17)18/h4-5,8H,2-3,6-7,9H2,1H3,(H,16,18). The smallest absolute Gasteiger partial charge is 0.178 e. The van der Waals surface area contributed by atoms with Gasteiger partial charge >= 0.3 is 0 Å². The summed E-state index contributed by atoms with van der Waals surface area (Å²) < 4.78 is 4.58. The summed E-state index contributed by atoms with van der Waals surface area (Å²) >= 11 is 11.0. The first-order chi connectivity index (χ1) is 9.13. The van der Waals surface area contributed by atoms with Gasteiger partial charge in [0.1, 0.15) is 0 Å². The third-order valence-electron chi connectivity index (χ3n) is 4.13. The molecule has 1 saturated carbocycles. The molecule has 0 atom stereocenters. The van der Waals surface area contributed by atoms with E-state index in [1.807, 2.05) is 11.8 Å². The number of nitrogens with one attached hydrogen (secondary N) is 1. The summed E-state index contributed by atoms with van der Waals surface area (Å²) in [6.45, 7) is 1.02. The highest BCUT2D eigenvalue weighted by Crippen LogP contribution is 2.42. The van der Waals surface area contributed by atoms with Crippen LogP contribution in [0.4, 0.5) is 0 Å². The van der Waals surface area contributed by atoms with Crippen molar-refractivity contribution in [3.63, 3.8) is 0 Å². The van der Waals surface area contributed by atoms with Gasteiger partial charge in [0, 0.05) is 15.8 Å². The van der Waals surface area contributed by atoms with Gasteiger partial charge in [-0.3, -0.25) is 0 Å². The SMILES string of the molecule is CSC1(Cn2c(=S)[nH]c3cc(Br)ccc32)CCCC1. The minimum Gasteiger partial charge on any atom is -0.331 e. The predicted molar refractivity (Wildman–Crippen MR) is 89.5 cm³/mol. The minimum absolute atomic E-state index is 0.375. The number of aromatic amines is 1. The monoisotopic (exact) mass is 356 g/mol. The molecule has 0 radical (unpaired) electrons. The van der Waals surface area contributed by atoms with E-state index in [0.717, 1.165) is 21.3 Å². The van der Waals surface area contributed by atoms with Crippen LogP contribution < -0.4 is 0 Å². The van der Waals surface area contributed by atoms with Crippen molar-refractivity contribution in [1.29, 1.82) is 0 Å². The number of rotatable bonds is 3. The highest BCUT2D eigenvalue weighted by atomic mass is 79.9. The molecule has 1 aliphatic rings. The van der Waals surface area contributed by atoms with Gasteiger partial charge in [0.15, 0.2) is 4.77 Å². The van der Waals surface area contributed by atoms with Crippen molar-refractivity contribution in [3.05, 3.63) is 27.4 Å². The lowest BCUT2D eigenvalue weighted by molar-refractivity contribution is 0.510. The van der Waals surface area contributed by atoms with E-state index in [1.54, 1.807) is 0 Å². The second-order valence-electron chi connectivity index (χ2n) is 5.27. The number of hydrogen-bond donors (Lipinski definition) is 1. The van der Waals surface area contributed by atoms with E-state index < -0.39 is 0 Å². The number of hydrogen-bond acceptors (Lipinski definition) is 2. The fourth-order valence-electron chi connectivity index (χ4n) is 3.03. The summed E-state index contributed by atoms with van der Waals surface area (Å²) in [6.07, 6.45) is 7.54. The molecule has 0 unspecified atom stereocenters. The van der Waals surface area contributed by atoms with E-state index in [1.165, 1.54) is 31.2 Å². The summed E-state index contributed by atoms with van der Waals surface area (Å²) in [5.41, 5.74) is 2.34. The van der Waals surface area contributed by atoms with Crippen LogP contribution in [-0.2, 0) is 6.54 Å². The van der Waals surface area contributed by atoms with Gasteiger partial charge in [-0.15, -0.1) is 0 Å². The van der Waals surface area contributed by atoms with E-state index in [9.17, 15) is 0 Å². The van der Waals surface area contributed by atoms with Crippen molar-refractivity contribution in [3.8, 4) is 0 Å². The quantitative estimate of drug-likeness (QED) is 0.768. The zero-order chi connectivity index (χ0) is 13.5. The van der Waals surface area contributed by atoms with Gasteiger partial charge in [-0.25, -0.2) is 0 Å². The number of fused-ring (bicyclic) bond motifs is 1. The van der Waals surface area contributed by atoms with Crippen molar-refractivity contribution >= 4 is 50.9 Å². The molecule has 0 saturated heterocycles. The third kappa shape index (κ3) is 2.52. The Kier molecular flexibility index (Phi) is 3.80. The molecule has 2 nitrogen and oxygen atoms in total. The maximum absolute atomic E-state index is 5.51. The van der Waals surface area contributed by atoms with Gasteiger partial charge in [0.2, 0.25) is 0 Å². The van der Waals surface area contributed by atoms with Crippen LogP contribution in [-0.4, -0.2) is 20.6 Å². The number of nitrogens with zero attached hydrogens (tertiary/aromatic N) is 1. The Morgan fingerprint density at radius 2 is 2.16 bits per heavy atom. The molecule has 2 aromatic rings. The topological polar surface area (TPSA) is 20.7 Å². The van der Waals surface area contributed by atoms with E-state index in [4.69, 9.17) is 12.2 Å². The Bertz CT molecular complexity index is 653. The van der Waals surface area contributed by atoms with Gasteiger partial charge in [0.05, 0.1) is 11.0 Å². The van der Waals surface area contributed by atoms with Crippen molar-refractivity contribution < 1.29 is 0 Å². The van der Waals surface area contributed by atoms with Gasteiger partial charge in [-0.2, -0.15) is 11.8 Å². The fourth-order valence-corrected chi connectivity index (χ4v) is 4.62. The molecule has 0 amide bonds. The Labute approximate surface area is 131 Å². The largest absolute Gasteiger partial charge is 0.331 e. The number of aromatic nitrogens is 2. The van der Waals surface area contributed by atoms with Crippen LogP contribution in [0.2, 0.25) is 0 Å². The van der Waals surface area contributed by atoms with Crippen LogP contribution in [0, 0.1) is 4.77 Å². The van der Waals surface area contributed by atoms with Crippen molar-refractivity contribution in [1.82, 2.24) is 9.55 Å². The Morgan fingerprint density at radius 3 is 2.84 bits per heavy atom. The van der Waals surface area contributed by atoms with Crippen LogP contribution in [0.3, 0.4) is 0 Å². The zero-order valence-electron chi connectivity index (χ0n) is 10.9. The van der Waals surface area contributed by atoms with Gasteiger partial charge in [0.25, 0.3) is 0 Å². The van der Waals surface area contributed by atoms with Gasteiger partial charge in [-0.05, 0) is 49.5 Å². The summed E-state index contributed by atoms with van der Waals surface area (Å²) in [5, 5.41) is 0. The molecular weight excluding hydrogens is 340 g/mol. The molecule has 0 bridgehead atoms. The molecule has 0 spiro atoms. The first-order valence-corrected chi connectivity index (χ1v) is 8.99. The molecule has 5 heteroatoms. The molecule has 19 heavy (non-hydrogen) atoms. The van der Waals surface area contributed by atoms with Crippen molar-refractivity contribution in [2.45, 2.75) is 37.0 Å². The average molecular weight is 357 g/mol. The Hall–Kier alpha value is -0.260. The van der Waals surface area contributed by atoms with E-state index >= 15 is 0 Å². The lowest BCUT2D eigenvalue weighted by Crippen LogP contribution is -2.26. The maximum Gasteiger partial charge on any atom is 0.178 e. The first-order valence-electron chi connectivity index (χ1n) is 6.57. The molecule has 1 N–H and O–H groups in total. The third-order valence-corrected chi connectivity index (χ3v) is 6.35. The molecule has 1 fully saturated rings. The average Bonchev–Trinajstić information content (AvgIpc) is 2.96. The summed E-state index contributed by atoms with van der Waals surface area (Å²) in [6, 6.07) is 6.33. The maximum atomic E-state index is 5.51. The summed E-state index contributed by atoms with van der Waals surface area (Å²) in [5.74, 6) is 0. The zero-order valence-corrected chi connectivity index (χ0v) is 14.1. The highest BCUT2D eigenvalue weighted by molar-refractivity contribution is 9.10. The molecule has 1 aromatic heterocycles. The molecule has 1 aliphatic carbocycles. The number of thioether (sulfide) groups is 1. The van der Waals surface area contributed by atoms with Crippen LogP contribution >= 0.6 is 39.9 Å². The molecular formula is C14H17BrN2S2. The van der Waals surface area contributed by atoms with Crippen molar-refractivity contribution in [2.24, 2.45) is 0 Å². The number of H-pyrrole nitrogens is 1. The van der Waals surface area contributed by atoms with E-state index in [2.05, 4.69) is 49.9 Å². The van der Waals surface area contributed by atoms with E-state index in [-0.39, 0.29) is 0 Å². The number of benzene rings is 1. The van der Waals surface area contributed by atoms with Crippen LogP contribution in [0.25, 0.3) is 11.0 Å². The Balaban J connectivity index is 2.05. The number of imidazole rings is 1. The Morgan fingerprint density at radius 1 is 1.42 bits per heavy atom.